The zero-order valence-corrected chi connectivity index (χ0v) is 24.9. The summed E-state index contributed by atoms with van der Waals surface area (Å²) >= 11 is 7.86. The average Bonchev–Trinajstić information content (AvgIpc) is 3.35. The summed E-state index contributed by atoms with van der Waals surface area (Å²) < 4.78 is 41.6. The summed E-state index contributed by atoms with van der Waals surface area (Å²) in [6, 6.07) is 8.61. The van der Waals surface area contributed by atoms with Crippen LogP contribution < -0.4 is 4.90 Å². The highest BCUT2D eigenvalue weighted by atomic mass is 35.5. The lowest BCUT2D eigenvalue weighted by atomic mass is 9.96. The van der Waals surface area contributed by atoms with E-state index in [9.17, 15) is 17.6 Å². The molecule has 0 radical (unpaired) electrons. The van der Waals surface area contributed by atoms with Crippen LogP contribution in [0.5, 0.6) is 0 Å². The van der Waals surface area contributed by atoms with E-state index in [1.54, 1.807) is 4.90 Å². The van der Waals surface area contributed by atoms with Gasteiger partial charge >= 0.3 is 0 Å². The quantitative estimate of drug-likeness (QED) is 0.319. The van der Waals surface area contributed by atoms with E-state index in [2.05, 4.69) is 18.7 Å². The van der Waals surface area contributed by atoms with Crippen molar-refractivity contribution in [3.63, 3.8) is 0 Å². The predicted octanol–water partition coefficient (Wildman–Crippen LogP) is 5.59. The van der Waals surface area contributed by atoms with Gasteiger partial charge < -0.3 is 4.90 Å². The lowest BCUT2D eigenvalue weighted by molar-refractivity contribution is -0.123. The Morgan fingerprint density at radius 3 is 2.32 bits per heavy atom. The summed E-state index contributed by atoms with van der Waals surface area (Å²) in [5.74, 6) is -0.849. The van der Waals surface area contributed by atoms with Crippen LogP contribution in [-0.4, -0.2) is 67.8 Å². The molecule has 1 saturated heterocycles. The number of likely N-dealkylation sites (N-methyl/N-ethyl adjacent to an activating group) is 1. The molecule has 3 aromatic rings. The number of nitrogens with zero attached hydrogens (tertiary/aromatic N) is 4. The molecule has 2 aromatic carbocycles. The minimum Gasteiger partial charge on any atom is -0.302 e. The maximum absolute atomic E-state index is 13.8. The highest BCUT2D eigenvalue weighted by Crippen LogP contribution is 2.37. The summed E-state index contributed by atoms with van der Waals surface area (Å²) in [7, 11) is -3.75. The van der Waals surface area contributed by atoms with Gasteiger partial charge in [0, 0.05) is 32.1 Å². The molecule has 1 aliphatic heterocycles. The summed E-state index contributed by atoms with van der Waals surface area (Å²) in [4.78, 5) is 22.7. The molecular weight excluding hydrogens is 570 g/mol. The van der Waals surface area contributed by atoms with E-state index in [1.807, 2.05) is 19.1 Å². The first-order valence-electron chi connectivity index (χ1n) is 12.5. The number of thiazole rings is 1. The summed E-state index contributed by atoms with van der Waals surface area (Å²) in [5.41, 5.74) is 1.80. The predicted molar refractivity (Wildman–Crippen MR) is 155 cm³/mol. The Labute approximate surface area is 239 Å². The third-order valence-corrected chi connectivity index (χ3v) is 10.4. The molecule has 0 bridgehead atoms. The lowest BCUT2D eigenvalue weighted by Crippen LogP contribution is -2.46. The zero-order chi connectivity index (χ0) is 26.7. The van der Waals surface area contributed by atoms with E-state index in [0.717, 1.165) is 41.0 Å². The van der Waals surface area contributed by atoms with Gasteiger partial charge in [-0.05, 0) is 68.8 Å². The highest BCUT2D eigenvalue weighted by Gasteiger charge is 2.35. The molecule has 0 unspecified atom stereocenters. The van der Waals surface area contributed by atoms with Gasteiger partial charge in [-0.2, -0.15) is 4.31 Å². The van der Waals surface area contributed by atoms with E-state index in [-0.39, 0.29) is 42.2 Å². The second-order valence-corrected chi connectivity index (χ2v) is 12.5. The Kier molecular flexibility index (Phi) is 10.5. The van der Waals surface area contributed by atoms with Crippen LogP contribution in [0.4, 0.5) is 9.52 Å². The van der Waals surface area contributed by atoms with Gasteiger partial charge in [-0.25, -0.2) is 17.8 Å². The number of benzene rings is 2. The van der Waals surface area contributed by atoms with Crippen LogP contribution in [0.3, 0.4) is 0 Å². The van der Waals surface area contributed by atoms with Crippen molar-refractivity contribution in [3.8, 4) is 0 Å². The Bertz CT molecular complexity index is 1320. The molecule has 2 heterocycles. The lowest BCUT2D eigenvalue weighted by Gasteiger charge is -2.33. The molecule has 7 nitrogen and oxygen atoms in total. The van der Waals surface area contributed by atoms with E-state index >= 15 is 0 Å². The summed E-state index contributed by atoms with van der Waals surface area (Å²) in [6.45, 7) is 9.56. The SMILES string of the molecule is CCN(CC)CCN(C(=O)C1CCN(S(=O)(=O)c2ccc(F)cc2)CC1)c1nc2c(C)ccc(Cl)c2s1.Cl. The fraction of sp³-hybridized carbons (Fsp3) is 0.462. The number of hydrogen-bond acceptors (Lipinski definition) is 6. The van der Waals surface area contributed by atoms with Crippen molar-refractivity contribution in [2.45, 2.75) is 38.5 Å². The Morgan fingerprint density at radius 2 is 1.74 bits per heavy atom. The van der Waals surface area contributed by atoms with Crippen LogP contribution in [0, 0.1) is 18.7 Å². The third kappa shape index (κ3) is 6.48. The van der Waals surface area contributed by atoms with Crippen LogP contribution in [0.2, 0.25) is 5.02 Å². The molecule has 1 aliphatic rings. The van der Waals surface area contributed by atoms with Crippen LogP contribution in [0.15, 0.2) is 41.3 Å². The van der Waals surface area contributed by atoms with Gasteiger partial charge in [-0.1, -0.05) is 42.9 Å². The monoisotopic (exact) mass is 602 g/mol. The number of piperidine rings is 1. The van der Waals surface area contributed by atoms with Gasteiger partial charge in [0.05, 0.1) is 20.1 Å². The van der Waals surface area contributed by atoms with Crippen molar-refractivity contribution in [1.29, 1.82) is 0 Å². The first kappa shape index (κ1) is 30.7. The number of anilines is 1. The van der Waals surface area contributed by atoms with Gasteiger partial charge in [0.15, 0.2) is 5.13 Å². The first-order chi connectivity index (χ1) is 17.6. The molecule has 1 aromatic heterocycles. The highest BCUT2D eigenvalue weighted by molar-refractivity contribution is 7.89. The van der Waals surface area contributed by atoms with Crippen molar-refractivity contribution in [3.05, 3.63) is 52.8 Å². The van der Waals surface area contributed by atoms with E-state index in [1.165, 1.54) is 27.8 Å². The molecule has 4 rings (SSSR count). The molecule has 0 N–H and O–H groups in total. The third-order valence-electron chi connectivity index (χ3n) is 6.97. The van der Waals surface area contributed by atoms with Crippen LogP contribution in [0.1, 0.15) is 32.3 Å². The number of rotatable bonds is 9. The van der Waals surface area contributed by atoms with Crippen molar-refractivity contribution < 1.29 is 17.6 Å². The molecule has 0 atom stereocenters. The normalized spacial score (nSPS) is 15.1. The summed E-state index contributed by atoms with van der Waals surface area (Å²) in [6.07, 6.45) is 0.817. The van der Waals surface area contributed by atoms with Crippen molar-refractivity contribution in [2.75, 3.05) is 44.2 Å². The number of aryl methyl sites for hydroxylation is 1. The fourth-order valence-electron chi connectivity index (χ4n) is 4.61. The number of aromatic nitrogens is 1. The molecule has 1 amide bonds. The van der Waals surface area contributed by atoms with E-state index < -0.39 is 15.8 Å². The molecule has 38 heavy (non-hydrogen) atoms. The first-order valence-corrected chi connectivity index (χ1v) is 15.1. The number of hydrogen-bond donors (Lipinski definition) is 0. The molecular formula is C26H33Cl2FN4O3S2. The second kappa shape index (κ2) is 13.0. The maximum atomic E-state index is 13.8. The maximum Gasteiger partial charge on any atom is 0.243 e. The largest absolute Gasteiger partial charge is 0.302 e. The molecule has 1 fully saturated rings. The smallest absolute Gasteiger partial charge is 0.243 e. The van der Waals surface area contributed by atoms with Crippen molar-refractivity contribution in [1.82, 2.24) is 14.2 Å². The van der Waals surface area contributed by atoms with Crippen LogP contribution in [-0.2, 0) is 14.8 Å². The average molecular weight is 604 g/mol. The standard InChI is InChI=1S/C26H32ClFN4O3S2.ClH/c1-4-30(5-2)16-17-32(26-29-23-18(3)6-11-22(27)24(23)36-26)25(33)19-12-14-31(15-13-19)37(34,35)21-9-7-20(28)8-10-21;/h6-11,19H,4-5,12-17H2,1-3H3;1H. The molecule has 12 heteroatoms. The molecule has 0 spiro atoms. The number of carbonyl (C=O) groups excluding carboxylic acids is 1. The van der Waals surface area contributed by atoms with Gasteiger partial charge in [0.2, 0.25) is 15.9 Å². The van der Waals surface area contributed by atoms with Crippen molar-refractivity contribution >= 4 is 66.6 Å². The van der Waals surface area contributed by atoms with Gasteiger partial charge in [0.25, 0.3) is 0 Å². The minimum absolute atomic E-state index is 0. The van der Waals surface area contributed by atoms with Crippen LogP contribution in [0.25, 0.3) is 10.2 Å². The van der Waals surface area contributed by atoms with Crippen molar-refractivity contribution in [2.24, 2.45) is 5.92 Å². The number of carbonyl (C=O) groups is 1. The van der Waals surface area contributed by atoms with Gasteiger partial charge in [-0.3, -0.25) is 9.69 Å². The minimum atomic E-state index is -3.75. The van der Waals surface area contributed by atoms with Crippen LogP contribution >= 0.6 is 35.3 Å². The molecule has 208 valence electrons. The van der Waals surface area contributed by atoms with Gasteiger partial charge in [-0.15, -0.1) is 12.4 Å². The number of fused-ring (bicyclic) bond motifs is 1. The zero-order valence-electron chi connectivity index (χ0n) is 21.7. The fourth-order valence-corrected chi connectivity index (χ4v) is 7.42. The van der Waals surface area contributed by atoms with E-state index in [0.29, 0.717) is 36.1 Å². The number of sulfonamides is 1. The molecule has 0 aliphatic carbocycles. The van der Waals surface area contributed by atoms with E-state index in [4.69, 9.17) is 16.6 Å². The topological polar surface area (TPSA) is 73.8 Å². The Balaban J connectivity index is 0.00000400. The second-order valence-electron chi connectivity index (χ2n) is 9.19. The number of amides is 1. The summed E-state index contributed by atoms with van der Waals surface area (Å²) in [5, 5.41) is 1.23. The Hall–Kier alpha value is -1.82. The Morgan fingerprint density at radius 1 is 1.11 bits per heavy atom. The van der Waals surface area contributed by atoms with Gasteiger partial charge in [0.1, 0.15) is 5.82 Å². The molecule has 0 saturated carbocycles. The number of halogens is 3.